The normalized spacial score (nSPS) is 12.8. The van der Waals surface area contributed by atoms with E-state index in [-0.39, 0.29) is 31.1 Å². The van der Waals surface area contributed by atoms with Crippen LogP contribution >= 0.6 is 0 Å². The molecular weight excluding hydrogens is 889 g/mol. The average molecular weight is 1000 g/mol. The summed E-state index contributed by atoms with van der Waals surface area (Å²) in [6.45, 7) is 6.49. The smallest absolute Gasteiger partial charge is 0.306 e. The third-order valence-electron chi connectivity index (χ3n) is 12.8. The first-order valence-corrected chi connectivity index (χ1v) is 30.2. The second kappa shape index (κ2) is 59.9. The van der Waals surface area contributed by atoms with Crippen LogP contribution in [0.2, 0.25) is 0 Å². The van der Waals surface area contributed by atoms with Crippen LogP contribution in [0.1, 0.15) is 284 Å². The Kier molecular flexibility index (Phi) is 56.8. The van der Waals surface area contributed by atoms with Gasteiger partial charge in [0.25, 0.3) is 0 Å². The maximum Gasteiger partial charge on any atom is 0.306 e. The first kappa shape index (κ1) is 68.3. The molecule has 0 fully saturated rings. The summed E-state index contributed by atoms with van der Waals surface area (Å²) in [7, 11) is 0. The van der Waals surface area contributed by atoms with Crippen molar-refractivity contribution in [1.29, 1.82) is 0 Å². The monoisotopic (exact) mass is 1000 g/mol. The van der Waals surface area contributed by atoms with Gasteiger partial charge in [0.15, 0.2) is 6.10 Å². The molecule has 0 aromatic rings. The van der Waals surface area contributed by atoms with Gasteiger partial charge in [-0.15, -0.1) is 0 Å². The lowest BCUT2D eigenvalue weighted by Gasteiger charge is -2.18. The molecule has 0 rings (SSSR count). The number of rotatable bonds is 54. The summed E-state index contributed by atoms with van der Waals surface area (Å²) in [6.07, 6.45) is 79.7. The van der Waals surface area contributed by atoms with Crippen LogP contribution in [0, 0.1) is 0 Å². The van der Waals surface area contributed by atoms with E-state index in [4.69, 9.17) is 14.2 Å². The van der Waals surface area contributed by atoms with E-state index in [0.29, 0.717) is 19.3 Å². The molecule has 0 aliphatic heterocycles. The first-order chi connectivity index (χ1) is 35.5. The molecule has 0 aliphatic carbocycles. The summed E-state index contributed by atoms with van der Waals surface area (Å²) >= 11 is 0. The van der Waals surface area contributed by atoms with Crippen molar-refractivity contribution in [2.75, 3.05) is 13.2 Å². The number of esters is 3. The number of ether oxygens (including phenoxy) is 3. The Morgan fingerprint density at radius 1 is 0.292 bits per heavy atom. The summed E-state index contributed by atoms with van der Waals surface area (Å²) in [6, 6.07) is 0. The topological polar surface area (TPSA) is 78.9 Å². The highest BCUT2D eigenvalue weighted by Crippen LogP contribution is 2.16. The van der Waals surface area contributed by atoms with Crippen LogP contribution in [0.4, 0.5) is 0 Å². The minimum atomic E-state index is -0.788. The molecule has 1 atom stereocenters. The van der Waals surface area contributed by atoms with Crippen molar-refractivity contribution in [3.05, 3.63) is 97.2 Å². The largest absolute Gasteiger partial charge is 0.462 e. The van der Waals surface area contributed by atoms with Crippen molar-refractivity contribution in [2.45, 2.75) is 290 Å². The molecule has 0 bridgehead atoms. The number of carbonyl (C=O) groups is 3. The van der Waals surface area contributed by atoms with Crippen molar-refractivity contribution in [3.63, 3.8) is 0 Å². The lowest BCUT2D eigenvalue weighted by Crippen LogP contribution is -2.30. The maximum absolute atomic E-state index is 12.9. The summed E-state index contributed by atoms with van der Waals surface area (Å²) < 4.78 is 16.9. The Bertz CT molecular complexity index is 1430. The van der Waals surface area contributed by atoms with E-state index >= 15 is 0 Å². The maximum atomic E-state index is 12.9. The van der Waals surface area contributed by atoms with Gasteiger partial charge in [-0.05, 0) is 103 Å². The molecule has 0 aromatic carbocycles. The molecule has 1 unspecified atom stereocenters. The predicted molar refractivity (Wildman–Crippen MR) is 311 cm³/mol. The summed E-state index contributed by atoms with van der Waals surface area (Å²) in [5.41, 5.74) is 0. The number of hydrogen-bond acceptors (Lipinski definition) is 6. The molecule has 0 aromatic heterocycles. The van der Waals surface area contributed by atoms with Gasteiger partial charge < -0.3 is 14.2 Å². The van der Waals surface area contributed by atoms with Crippen LogP contribution in [0.3, 0.4) is 0 Å². The third kappa shape index (κ3) is 57.2. The minimum Gasteiger partial charge on any atom is -0.462 e. The van der Waals surface area contributed by atoms with Crippen LogP contribution in [0.25, 0.3) is 0 Å². The van der Waals surface area contributed by atoms with Crippen LogP contribution < -0.4 is 0 Å². The van der Waals surface area contributed by atoms with E-state index in [2.05, 4.69) is 118 Å². The van der Waals surface area contributed by atoms with Gasteiger partial charge in [-0.1, -0.05) is 259 Å². The van der Waals surface area contributed by atoms with Gasteiger partial charge in [0.2, 0.25) is 0 Å². The molecule has 0 N–H and O–H groups in total. The van der Waals surface area contributed by atoms with Crippen molar-refractivity contribution >= 4 is 17.9 Å². The summed E-state index contributed by atoms with van der Waals surface area (Å²) in [4.78, 5) is 38.2. The second-order valence-electron chi connectivity index (χ2n) is 19.9. The molecule has 0 saturated heterocycles. The molecule has 0 amide bonds. The Hall–Kier alpha value is -3.67. The van der Waals surface area contributed by atoms with Gasteiger partial charge in [0.05, 0.1) is 0 Å². The van der Waals surface area contributed by atoms with E-state index in [0.717, 1.165) is 128 Å². The summed E-state index contributed by atoms with van der Waals surface area (Å²) in [5.74, 6) is -0.907. The van der Waals surface area contributed by atoms with Gasteiger partial charge in [-0.25, -0.2) is 0 Å². The Morgan fingerprint density at radius 2 is 0.542 bits per heavy atom. The minimum absolute atomic E-state index is 0.0862. The van der Waals surface area contributed by atoms with Crippen LogP contribution in [-0.4, -0.2) is 37.2 Å². The zero-order valence-corrected chi connectivity index (χ0v) is 47.2. The standard InChI is InChI=1S/C66H112O6/c1-4-7-10-13-16-19-22-25-27-28-29-30-31-32-33-34-35-36-37-38-40-41-44-47-50-53-56-59-65(68)71-62-63(61-70-64(67)58-55-52-49-46-43-24-21-18-15-12-9-6-3)72-66(69)60-57-54-51-48-45-42-39-26-23-20-17-14-11-8-5-2/h7,10,16,18-19,21,25,27,29-30,32-33,35-36,38,40,63H,4-6,8-9,11-15,17,20,22-24,26,28,31,34,37,39,41-62H2,1-3H3/b10-7-,19-16-,21-18-,27-25-,30-29-,33-32-,36-35-,40-38-. The van der Waals surface area contributed by atoms with E-state index in [1.54, 1.807) is 0 Å². The van der Waals surface area contributed by atoms with Gasteiger partial charge in [0.1, 0.15) is 13.2 Å². The van der Waals surface area contributed by atoms with E-state index in [9.17, 15) is 14.4 Å². The van der Waals surface area contributed by atoms with Gasteiger partial charge in [-0.2, -0.15) is 0 Å². The zero-order valence-electron chi connectivity index (χ0n) is 47.2. The quantitative estimate of drug-likeness (QED) is 0.0261. The first-order valence-electron chi connectivity index (χ1n) is 30.2. The fourth-order valence-electron chi connectivity index (χ4n) is 8.30. The lowest BCUT2D eigenvalue weighted by atomic mass is 10.0. The van der Waals surface area contributed by atoms with Crippen molar-refractivity contribution in [3.8, 4) is 0 Å². The molecule has 412 valence electrons. The predicted octanol–water partition coefficient (Wildman–Crippen LogP) is 20.5. The average Bonchev–Trinajstić information content (AvgIpc) is 3.38. The number of allylic oxidation sites excluding steroid dienone is 16. The SMILES string of the molecule is CC/C=C\C/C=C\C/C=C\C/C=C\C/C=C\C/C=C\C/C=C\CCCCCCCC(=O)OCC(COC(=O)CCCCCCC/C=C\CCCCC)OC(=O)CCCCCCCCCCCCCCCCC. The van der Waals surface area contributed by atoms with Gasteiger partial charge in [0, 0.05) is 19.3 Å². The Morgan fingerprint density at radius 3 is 0.889 bits per heavy atom. The van der Waals surface area contributed by atoms with Crippen LogP contribution in [0.5, 0.6) is 0 Å². The van der Waals surface area contributed by atoms with Gasteiger partial charge in [-0.3, -0.25) is 14.4 Å². The molecule has 0 saturated carbocycles. The van der Waals surface area contributed by atoms with Gasteiger partial charge >= 0.3 is 17.9 Å². The van der Waals surface area contributed by atoms with Crippen molar-refractivity contribution in [1.82, 2.24) is 0 Å². The fraction of sp³-hybridized carbons (Fsp3) is 0.712. The molecule has 72 heavy (non-hydrogen) atoms. The van der Waals surface area contributed by atoms with E-state index in [1.165, 1.54) is 116 Å². The number of carbonyl (C=O) groups excluding carboxylic acids is 3. The summed E-state index contributed by atoms with van der Waals surface area (Å²) in [5, 5.41) is 0. The highest BCUT2D eigenvalue weighted by atomic mass is 16.6. The second-order valence-corrected chi connectivity index (χ2v) is 19.9. The lowest BCUT2D eigenvalue weighted by molar-refractivity contribution is -0.167. The van der Waals surface area contributed by atoms with E-state index in [1.807, 2.05) is 0 Å². The molecule has 0 heterocycles. The number of unbranched alkanes of at least 4 members (excludes halogenated alkanes) is 27. The molecule has 0 spiro atoms. The molecule has 6 heteroatoms. The van der Waals surface area contributed by atoms with Crippen LogP contribution in [0.15, 0.2) is 97.2 Å². The molecule has 0 aliphatic rings. The highest BCUT2D eigenvalue weighted by Gasteiger charge is 2.19. The van der Waals surface area contributed by atoms with E-state index < -0.39 is 6.10 Å². The molecular formula is C66H112O6. The van der Waals surface area contributed by atoms with Crippen molar-refractivity contribution < 1.29 is 28.6 Å². The molecule has 6 nitrogen and oxygen atoms in total. The highest BCUT2D eigenvalue weighted by molar-refractivity contribution is 5.71. The fourth-order valence-corrected chi connectivity index (χ4v) is 8.30. The zero-order chi connectivity index (χ0) is 52.2. The Labute approximate surface area is 445 Å². The third-order valence-corrected chi connectivity index (χ3v) is 12.8. The number of hydrogen-bond donors (Lipinski definition) is 0. The van der Waals surface area contributed by atoms with Crippen molar-refractivity contribution in [2.24, 2.45) is 0 Å². The van der Waals surface area contributed by atoms with Crippen LogP contribution in [-0.2, 0) is 28.6 Å². The Balaban J connectivity index is 4.34. The molecule has 0 radical (unpaired) electrons.